The van der Waals surface area contributed by atoms with Crippen molar-refractivity contribution in [2.45, 2.75) is 38.6 Å². The highest BCUT2D eigenvalue weighted by molar-refractivity contribution is 5.60. The van der Waals surface area contributed by atoms with Crippen molar-refractivity contribution in [3.8, 4) is 11.3 Å². The number of hydrogen-bond donors (Lipinski definition) is 1. The highest BCUT2D eigenvalue weighted by Gasteiger charge is 2.21. The number of aryl methyl sites for hydroxylation is 1. The van der Waals surface area contributed by atoms with Gasteiger partial charge in [0.15, 0.2) is 0 Å². The fraction of sp³-hybridized carbons (Fsp3) is 0.533. The van der Waals surface area contributed by atoms with Crippen molar-refractivity contribution in [3.63, 3.8) is 0 Å². The van der Waals surface area contributed by atoms with E-state index in [2.05, 4.69) is 33.5 Å². The minimum absolute atomic E-state index is 0.460. The van der Waals surface area contributed by atoms with E-state index in [9.17, 15) is 0 Å². The number of piperidine rings is 1. The topological polar surface area (TPSA) is 55.6 Å². The van der Waals surface area contributed by atoms with Gasteiger partial charge >= 0.3 is 0 Å². The third-order valence-electron chi connectivity index (χ3n) is 3.77. The van der Waals surface area contributed by atoms with Gasteiger partial charge in [-0.25, -0.2) is 0 Å². The molecule has 5 nitrogen and oxygen atoms in total. The maximum Gasteiger partial charge on any atom is 0.0952 e. The van der Waals surface area contributed by atoms with Crippen LogP contribution in [0, 0.1) is 0 Å². The van der Waals surface area contributed by atoms with E-state index in [0.29, 0.717) is 5.92 Å². The van der Waals surface area contributed by atoms with Gasteiger partial charge in [-0.2, -0.15) is 5.10 Å². The smallest absolute Gasteiger partial charge is 0.0952 e. The van der Waals surface area contributed by atoms with Crippen LogP contribution in [0.15, 0.2) is 24.8 Å². The van der Waals surface area contributed by atoms with Crippen molar-refractivity contribution in [1.29, 1.82) is 0 Å². The summed E-state index contributed by atoms with van der Waals surface area (Å²) in [7, 11) is 0. The van der Waals surface area contributed by atoms with E-state index in [0.717, 1.165) is 43.0 Å². The van der Waals surface area contributed by atoms with Gasteiger partial charge in [0.2, 0.25) is 0 Å². The summed E-state index contributed by atoms with van der Waals surface area (Å²) in [5.74, 6) is 0.460. The van der Waals surface area contributed by atoms with Crippen molar-refractivity contribution in [2.75, 3.05) is 13.1 Å². The number of nitrogens with zero attached hydrogens (tertiary/aromatic N) is 4. The minimum atomic E-state index is 0.460. The van der Waals surface area contributed by atoms with Gasteiger partial charge in [0, 0.05) is 43.2 Å². The van der Waals surface area contributed by atoms with E-state index in [1.807, 2.05) is 10.9 Å². The molecule has 1 atom stereocenters. The van der Waals surface area contributed by atoms with E-state index in [1.54, 1.807) is 12.4 Å². The minimum Gasteiger partial charge on any atom is -0.316 e. The third kappa shape index (κ3) is 2.72. The zero-order valence-corrected chi connectivity index (χ0v) is 11.9. The predicted octanol–water partition coefficient (Wildman–Crippen LogP) is 2.22. The number of hydrogen-bond acceptors (Lipinski definition) is 4. The van der Waals surface area contributed by atoms with Crippen molar-refractivity contribution >= 4 is 0 Å². The molecule has 0 aliphatic carbocycles. The molecule has 1 aliphatic rings. The summed E-state index contributed by atoms with van der Waals surface area (Å²) in [4.78, 5) is 9.15. The van der Waals surface area contributed by atoms with E-state index < -0.39 is 0 Å². The molecule has 1 aliphatic heterocycles. The van der Waals surface area contributed by atoms with Gasteiger partial charge in [0.25, 0.3) is 0 Å². The van der Waals surface area contributed by atoms with E-state index >= 15 is 0 Å². The van der Waals surface area contributed by atoms with Gasteiger partial charge in [-0.3, -0.25) is 14.6 Å². The summed E-state index contributed by atoms with van der Waals surface area (Å²) in [6.07, 6.45) is 11.0. The Hall–Kier alpha value is -1.75. The molecule has 0 amide bonds. The SMILES string of the molecule is CCCn1cc(-c2nccnc2[C@@H]2CCCNC2)cn1. The summed E-state index contributed by atoms with van der Waals surface area (Å²) >= 11 is 0. The van der Waals surface area contributed by atoms with Crippen LogP contribution < -0.4 is 5.32 Å². The second-order valence-electron chi connectivity index (χ2n) is 5.33. The Balaban J connectivity index is 1.91. The van der Waals surface area contributed by atoms with Gasteiger partial charge < -0.3 is 5.32 Å². The van der Waals surface area contributed by atoms with Gasteiger partial charge in [-0.15, -0.1) is 0 Å². The maximum atomic E-state index is 4.59. The van der Waals surface area contributed by atoms with E-state index in [1.165, 1.54) is 12.8 Å². The zero-order valence-electron chi connectivity index (χ0n) is 11.9. The number of aromatic nitrogens is 4. The van der Waals surface area contributed by atoms with Crippen LogP contribution in [0.1, 0.15) is 37.8 Å². The van der Waals surface area contributed by atoms with Crippen LogP contribution in [-0.2, 0) is 6.54 Å². The predicted molar refractivity (Wildman–Crippen MR) is 78.4 cm³/mol. The molecule has 2 aromatic heterocycles. The standard InChI is InChI=1S/C15H21N5/c1-2-8-20-11-13(10-19-20)15-14(17-6-7-18-15)12-4-3-5-16-9-12/h6-7,10-12,16H,2-5,8-9H2,1H3/t12-/m1/s1. The van der Waals surface area contributed by atoms with Crippen molar-refractivity contribution in [1.82, 2.24) is 25.1 Å². The molecule has 3 heterocycles. The van der Waals surface area contributed by atoms with Crippen LogP contribution in [0.5, 0.6) is 0 Å². The number of rotatable bonds is 4. The van der Waals surface area contributed by atoms with Gasteiger partial charge in [0.1, 0.15) is 0 Å². The second-order valence-corrected chi connectivity index (χ2v) is 5.33. The lowest BCUT2D eigenvalue weighted by Crippen LogP contribution is -2.29. The molecule has 20 heavy (non-hydrogen) atoms. The first-order valence-corrected chi connectivity index (χ1v) is 7.43. The monoisotopic (exact) mass is 271 g/mol. The Kier molecular flexibility index (Phi) is 4.06. The Morgan fingerprint density at radius 2 is 2.25 bits per heavy atom. The Labute approximate surface area is 119 Å². The molecule has 0 aromatic carbocycles. The molecular weight excluding hydrogens is 250 g/mol. The summed E-state index contributed by atoms with van der Waals surface area (Å²) in [5, 5.41) is 7.85. The average Bonchev–Trinajstić information content (AvgIpc) is 2.97. The van der Waals surface area contributed by atoms with Crippen LogP contribution in [0.25, 0.3) is 11.3 Å². The summed E-state index contributed by atoms with van der Waals surface area (Å²) in [5.41, 5.74) is 3.17. The molecule has 0 spiro atoms. The molecule has 5 heteroatoms. The molecule has 0 unspecified atom stereocenters. The molecule has 1 fully saturated rings. The molecule has 2 aromatic rings. The lowest BCUT2D eigenvalue weighted by atomic mass is 9.93. The third-order valence-corrected chi connectivity index (χ3v) is 3.77. The van der Waals surface area contributed by atoms with E-state index in [4.69, 9.17) is 0 Å². The van der Waals surface area contributed by atoms with Crippen molar-refractivity contribution in [3.05, 3.63) is 30.5 Å². The first-order chi connectivity index (χ1) is 9.88. The first-order valence-electron chi connectivity index (χ1n) is 7.43. The van der Waals surface area contributed by atoms with Gasteiger partial charge in [0.05, 0.1) is 17.6 Å². The first kappa shape index (κ1) is 13.2. The van der Waals surface area contributed by atoms with Crippen LogP contribution >= 0.6 is 0 Å². The van der Waals surface area contributed by atoms with Gasteiger partial charge in [-0.05, 0) is 25.8 Å². The Morgan fingerprint density at radius 3 is 3.05 bits per heavy atom. The molecule has 0 radical (unpaired) electrons. The molecule has 1 saturated heterocycles. The highest BCUT2D eigenvalue weighted by Crippen LogP contribution is 2.29. The van der Waals surface area contributed by atoms with Crippen molar-refractivity contribution in [2.24, 2.45) is 0 Å². The number of nitrogens with one attached hydrogen (secondary N) is 1. The summed E-state index contributed by atoms with van der Waals surface area (Å²) < 4.78 is 1.98. The summed E-state index contributed by atoms with van der Waals surface area (Å²) in [6.45, 7) is 5.21. The fourth-order valence-corrected chi connectivity index (χ4v) is 2.79. The zero-order chi connectivity index (χ0) is 13.8. The fourth-order valence-electron chi connectivity index (χ4n) is 2.79. The maximum absolute atomic E-state index is 4.59. The van der Waals surface area contributed by atoms with Gasteiger partial charge in [-0.1, -0.05) is 6.92 Å². The van der Waals surface area contributed by atoms with Crippen LogP contribution in [0.3, 0.4) is 0 Å². The highest BCUT2D eigenvalue weighted by atomic mass is 15.3. The summed E-state index contributed by atoms with van der Waals surface area (Å²) in [6, 6.07) is 0. The van der Waals surface area contributed by atoms with Crippen LogP contribution in [0.2, 0.25) is 0 Å². The Bertz CT molecular complexity index is 557. The molecule has 106 valence electrons. The molecule has 0 saturated carbocycles. The molecular formula is C15H21N5. The molecule has 0 bridgehead atoms. The Morgan fingerprint density at radius 1 is 1.35 bits per heavy atom. The lowest BCUT2D eigenvalue weighted by molar-refractivity contribution is 0.454. The van der Waals surface area contributed by atoms with Crippen LogP contribution in [0.4, 0.5) is 0 Å². The lowest BCUT2D eigenvalue weighted by Gasteiger charge is -2.23. The van der Waals surface area contributed by atoms with Crippen LogP contribution in [-0.4, -0.2) is 32.8 Å². The van der Waals surface area contributed by atoms with E-state index in [-0.39, 0.29) is 0 Å². The second kappa shape index (κ2) is 6.13. The average molecular weight is 271 g/mol. The largest absolute Gasteiger partial charge is 0.316 e. The normalized spacial score (nSPS) is 19.1. The molecule has 3 rings (SSSR count). The molecule has 1 N–H and O–H groups in total. The van der Waals surface area contributed by atoms with Crippen molar-refractivity contribution < 1.29 is 0 Å². The quantitative estimate of drug-likeness (QED) is 0.926.